The van der Waals surface area contributed by atoms with Gasteiger partial charge in [0.15, 0.2) is 17.2 Å². The van der Waals surface area contributed by atoms with Gasteiger partial charge in [-0.05, 0) is 13.3 Å². The number of Topliss-reactive ketones (excluding diaryl/α,β-unsaturated/α-hetero) is 1. The number of hydrogen-bond donors (Lipinski definition) is 1. The van der Waals surface area contributed by atoms with Crippen molar-refractivity contribution in [2.24, 2.45) is 5.92 Å². The maximum atomic E-state index is 12.6. The minimum absolute atomic E-state index is 0.0964. The van der Waals surface area contributed by atoms with Crippen LogP contribution in [0.2, 0.25) is 0 Å². The van der Waals surface area contributed by atoms with Gasteiger partial charge in [-0.1, -0.05) is 61.9 Å². The fraction of sp³-hybridized carbons (Fsp3) is 0.474. The molecule has 3 rings (SSSR count). The van der Waals surface area contributed by atoms with Gasteiger partial charge in [0.05, 0.1) is 11.7 Å². The number of H-pyrrole nitrogens is 1. The molecule has 0 amide bonds. The standard InChI is InChI=1S/C19H23N3O3S/c1-3-4-8-14-11-19(2,25-17(14)24)15(23)12-26-18-20-16(21-22-18)13-9-6-5-7-10-13/h5-7,9-10,14H,3-4,8,11-12H2,1-2H3,(H,20,21,22)/t14-,19-/m1/s1. The number of carbonyl (C=O) groups excluding carboxylic acids is 2. The number of unbranched alkanes of at least 4 members (excludes halogenated alkanes) is 1. The number of ketones is 1. The van der Waals surface area contributed by atoms with E-state index < -0.39 is 5.60 Å². The number of cyclic esters (lactones) is 1. The lowest BCUT2D eigenvalue weighted by Crippen LogP contribution is -2.36. The number of nitrogens with zero attached hydrogens (tertiary/aromatic N) is 2. The van der Waals surface area contributed by atoms with Crippen molar-refractivity contribution in [2.45, 2.75) is 50.3 Å². The van der Waals surface area contributed by atoms with Gasteiger partial charge in [0.1, 0.15) is 0 Å². The third kappa shape index (κ3) is 4.15. The van der Waals surface area contributed by atoms with Crippen LogP contribution in [0.25, 0.3) is 11.4 Å². The van der Waals surface area contributed by atoms with Crippen molar-refractivity contribution in [3.63, 3.8) is 0 Å². The zero-order valence-corrected chi connectivity index (χ0v) is 15.8. The number of thioether (sulfide) groups is 1. The highest BCUT2D eigenvalue weighted by molar-refractivity contribution is 7.99. The van der Waals surface area contributed by atoms with Crippen LogP contribution in [0.1, 0.15) is 39.5 Å². The molecule has 2 atom stereocenters. The topological polar surface area (TPSA) is 84.9 Å². The SMILES string of the molecule is CCCC[C@@H]1C[C@](C)(C(=O)CSc2n[nH]c(-c3ccccc3)n2)OC1=O. The summed E-state index contributed by atoms with van der Waals surface area (Å²) < 4.78 is 5.43. The molecule has 0 aliphatic carbocycles. The Morgan fingerprint density at radius 3 is 2.88 bits per heavy atom. The average Bonchev–Trinajstić information content (AvgIpc) is 3.23. The van der Waals surface area contributed by atoms with Gasteiger partial charge in [-0.15, -0.1) is 5.10 Å². The molecular weight excluding hydrogens is 350 g/mol. The highest BCUT2D eigenvalue weighted by Crippen LogP contribution is 2.35. The molecule has 1 aromatic heterocycles. The number of nitrogens with one attached hydrogen (secondary N) is 1. The molecule has 1 N–H and O–H groups in total. The van der Waals surface area contributed by atoms with Gasteiger partial charge in [-0.3, -0.25) is 14.7 Å². The molecule has 1 fully saturated rings. The summed E-state index contributed by atoms with van der Waals surface area (Å²) in [5.41, 5.74) is -0.0882. The summed E-state index contributed by atoms with van der Waals surface area (Å²) in [4.78, 5) is 29.1. The molecule has 26 heavy (non-hydrogen) atoms. The van der Waals surface area contributed by atoms with Crippen LogP contribution in [-0.2, 0) is 14.3 Å². The Hall–Kier alpha value is -2.15. The minimum Gasteiger partial charge on any atom is -0.451 e. The van der Waals surface area contributed by atoms with E-state index in [9.17, 15) is 9.59 Å². The molecule has 1 aromatic carbocycles. The fourth-order valence-electron chi connectivity index (χ4n) is 3.06. The number of rotatable bonds is 8. The van der Waals surface area contributed by atoms with Gasteiger partial charge in [-0.25, -0.2) is 4.98 Å². The Morgan fingerprint density at radius 1 is 1.38 bits per heavy atom. The highest BCUT2D eigenvalue weighted by Gasteiger charge is 2.47. The predicted molar refractivity (Wildman–Crippen MR) is 99.7 cm³/mol. The lowest BCUT2D eigenvalue weighted by atomic mass is 9.90. The number of hydrogen-bond acceptors (Lipinski definition) is 6. The summed E-state index contributed by atoms with van der Waals surface area (Å²) in [6.07, 6.45) is 3.25. The van der Waals surface area contributed by atoms with Crippen molar-refractivity contribution >= 4 is 23.5 Å². The predicted octanol–water partition coefficient (Wildman–Crippen LogP) is 3.64. The van der Waals surface area contributed by atoms with Gasteiger partial charge in [0, 0.05) is 12.0 Å². The maximum absolute atomic E-state index is 12.6. The normalized spacial score (nSPS) is 22.4. The van der Waals surface area contributed by atoms with Gasteiger partial charge in [0.2, 0.25) is 5.16 Å². The first-order chi connectivity index (χ1) is 12.5. The van der Waals surface area contributed by atoms with Crippen LogP contribution < -0.4 is 0 Å². The summed E-state index contributed by atoms with van der Waals surface area (Å²) in [6, 6.07) is 9.67. The highest BCUT2D eigenvalue weighted by atomic mass is 32.2. The lowest BCUT2D eigenvalue weighted by Gasteiger charge is -2.20. The van der Waals surface area contributed by atoms with Crippen molar-refractivity contribution in [1.29, 1.82) is 0 Å². The van der Waals surface area contributed by atoms with Gasteiger partial charge in [-0.2, -0.15) is 0 Å². The molecule has 6 nitrogen and oxygen atoms in total. The molecule has 1 aliphatic heterocycles. The maximum Gasteiger partial charge on any atom is 0.310 e. The van der Waals surface area contributed by atoms with Crippen molar-refractivity contribution in [2.75, 3.05) is 5.75 Å². The first kappa shape index (κ1) is 18.6. The molecule has 1 saturated heterocycles. The number of benzene rings is 1. The van der Waals surface area contributed by atoms with Gasteiger partial charge in [0.25, 0.3) is 0 Å². The Balaban J connectivity index is 1.57. The smallest absolute Gasteiger partial charge is 0.310 e. The van der Waals surface area contributed by atoms with Crippen molar-refractivity contribution in [3.8, 4) is 11.4 Å². The second kappa shape index (κ2) is 8.03. The zero-order chi connectivity index (χ0) is 18.6. The number of aromatic nitrogens is 3. The number of aromatic amines is 1. The van der Waals surface area contributed by atoms with Crippen LogP contribution in [0.15, 0.2) is 35.5 Å². The van der Waals surface area contributed by atoms with Crippen LogP contribution in [0.3, 0.4) is 0 Å². The molecule has 0 unspecified atom stereocenters. The van der Waals surface area contributed by atoms with Crippen LogP contribution >= 0.6 is 11.8 Å². The lowest BCUT2D eigenvalue weighted by molar-refractivity contribution is -0.156. The summed E-state index contributed by atoms with van der Waals surface area (Å²) in [6.45, 7) is 3.80. The van der Waals surface area contributed by atoms with Crippen molar-refractivity contribution in [3.05, 3.63) is 30.3 Å². The number of carbonyl (C=O) groups is 2. The third-order valence-electron chi connectivity index (χ3n) is 4.64. The Labute approximate surface area is 157 Å². The second-order valence-corrected chi connectivity index (χ2v) is 7.68. The average molecular weight is 373 g/mol. The molecule has 0 spiro atoms. The van der Waals surface area contributed by atoms with E-state index in [1.807, 2.05) is 30.3 Å². The minimum atomic E-state index is -1.03. The molecule has 0 bridgehead atoms. The quantitative estimate of drug-likeness (QED) is 0.562. The van der Waals surface area contributed by atoms with Crippen molar-refractivity contribution in [1.82, 2.24) is 15.2 Å². The Kier molecular flexibility index (Phi) is 5.76. The molecule has 2 heterocycles. The molecule has 7 heteroatoms. The Bertz CT molecular complexity index is 777. The molecule has 138 valence electrons. The first-order valence-electron chi connectivity index (χ1n) is 8.88. The summed E-state index contributed by atoms with van der Waals surface area (Å²) in [5, 5.41) is 7.54. The largest absolute Gasteiger partial charge is 0.451 e. The van der Waals surface area contributed by atoms with Crippen LogP contribution in [0.4, 0.5) is 0 Å². The fourth-order valence-corrected chi connectivity index (χ4v) is 3.89. The molecule has 0 saturated carbocycles. The number of ether oxygens (including phenoxy) is 1. The third-order valence-corrected chi connectivity index (χ3v) is 5.48. The molecule has 0 radical (unpaired) electrons. The number of esters is 1. The summed E-state index contributed by atoms with van der Waals surface area (Å²) >= 11 is 1.26. The molecule has 2 aromatic rings. The summed E-state index contributed by atoms with van der Waals surface area (Å²) in [5.74, 6) is 0.335. The van der Waals surface area contributed by atoms with E-state index in [4.69, 9.17) is 4.74 Å². The van der Waals surface area contributed by atoms with E-state index in [1.54, 1.807) is 6.92 Å². The Morgan fingerprint density at radius 2 is 2.15 bits per heavy atom. The van der Waals surface area contributed by atoms with Crippen LogP contribution in [0.5, 0.6) is 0 Å². The second-order valence-electron chi connectivity index (χ2n) is 6.74. The van der Waals surface area contributed by atoms with E-state index in [0.717, 1.165) is 24.8 Å². The van der Waals surface area contributed by atoms with E-state index in [2.05, 4.69) is 22.1 Å². The van der Waals surface area contributed by atoms with E-state index in [0.29, 0.717) is 17.4 Å². The molecule has 1 aliphatic rings. The first-order valence-corrected chi connectivity index (χ1v) is 9.87. The van der Waals surface area contributed by atoms with E-state index >= 15 is 0 Å². The van der Waals surface area contributed by atoms with Crippen LogP contribution in [-0.4, -0.2) is 38.3 Å². The van der Waals surface area contributed by atoms with E-state index in [-0.39, 0.29) is 23.4 Å². The molecular formula is C19H23N3O3S. The summed E-state index contributed by atoms with van der Waals surface area (Å²) in [7, 11) is 0. The van der Waals surface area contributed by atoms with Gasteiger partial charge >= 0.3 is 5.97 Å². The van der Waals surface area contributed by atoms with Crippen molar-refractivity contribution < 1.29 is 14.3 Å². The zero-order valence-electron chi connectivity index (χ0n) is 15.0. The van der Waals surface area contributed by atoms with Gasteiger partial charge < -0.3 is 4.74 Å². The monoisotopic (exact) mass is 373 g/mol. The van der Waals surface area contributed by atoms with E-state index in [1.165, 1.54) is 11.8 Å². The van der Waals surface area contributed by atoms with Crippen LogP contribution in [0, 0.1) is 5.92 Å².